The van der Waals surface area contributed by atoms with Gasteiger partial charge < -0.3 is 0 Å². The molecule has 0 bridgehead atoms. The highest BCUT2D eigenvalue weighted by Crippen LogP contribution is 2.29. The third kappa shape index (κ3) is 3.21. The first-order valence-corrected chi connectivity index (χ1v) is 9.25. The zero-order valence-corrected chi connectivity index (χ0v) is 14.4. The highest BCUT2D eigenvalue weighted by atomic mass is 35.5. The predicted octanol–water partition coefficient (Wildman–Crippen LogP) is 3.68. The zero-order chi connectivity index (χ0) is 16.4. The summed E-state index contributed by atoms with van der Waals surface area (Å²) in [6.07, 6.45) is 0. The number of hydrogen-bond donors (Lipinski definition) is 0. The van der Waals surface area contributed by atoms with Crippen LogP contribution < -0.4 is 4.31 Å². The van der Waals surface area contributed by atoms with Crippen LogP contribution in [0, 0.1) is 0 Å². The number of halogens is 1. The quantitative estimate of drug-likeness (QED) is 0.707. The molecule has 0 atom stereocenters. The second kappa shape index (κ2) is 6.27. The largest absolute Gasteiger partial charge is 0.274 e. The first-order valence-electron chi connectivity index (χ1n) is 6.62. The van der Waals surface area contributed by atoms with Gasteiger partial charge in [-0.2, -0.15) is 0 Å². The second-order valence-electron chi connectivity index (χ2n) is 4.67. The lowest BCUT2D eigenvalue weighted by Crippen LogP contribution is -2.26. The number of rotatable bonds is 4. The topological polar surface area (TPSA) is 63.2 Å². The monoisotopic (exact) mass is 365 g/mol. The summed E-state index contributed by atoms with van der Waals surface area (Å²) in [4.78, 5) is 0. The van der Waals surface area contributed by atoms with Crippen LogP contribution in [0.2, 0.25) is 4.34 Å². The summed E-state index contributed by atoms with van der Waals surface area (Å²) in [7, 11) is -2.24. The normalized spacial score (nSPS) is 11.4. The first kappa shape index (κ1) is 15.9. The van der Waals surface area contributed by atoms with Crippen molar-refractivity contribution in [2.45, 2.75) is 4.21 Å². The van der Waals surface area contributed by atoms with Crippen molar-refractivity contribution in [3.8, 4) is 11.3 Å². The van der Waals surface area contributed by atoms with E-state index in [1.807, 2.05) is 30.3 Å². The maximum absolute atomic E-state index is 12.5. The summed E-state index contributed by atoms with van der Waals surface area (Å²) < 4.78 is 26.7. The van der Waals surface area contributed by atoms with Gasteiger partial charge in [0.05, 0.1) is 10.0 Å². The maximum atomic E-state index is 12.5. The summed E-state index contributed by atoms with van der Waals surface area (Å²) >= 11 is 6.82. The fourth-order valence-corrected chi connectivity index (χ4v) is 4.74. The van der Waals surface area contributed by atoms with Gasteiger partial charge in [-0.15, -0.1) is 21.5 Å². The molecule has 0 saturated heterocycles. The summed E-state index contributed by atoms with van der Waals surface area (Å²) in [6.45, 7) is 0. The average Bonchev–Trinajstić information content (AvgIpc) is 3.02. The number of hydrogen-bond acceptors (Lipinski definition) is 5. The lowest BCUT2D eigenvalue weighted by atomic mass is 10.1. The van der Waals surface area contributed by atoms with Crippen LogP contribution in [0.25, 0.3) is 11.3 Å². The van der Waals surface area contributed by atoms with E-state index in [9.17, 15) is 8.42 Å². The Hall–Kier alpha value is -1.96. The Labute approximate surface area is 143 Å². The molecule has 0 unspecified atom stereocenters. The van der Waals surface area contributed by atoms with Crippen molar-refractivity contribution in [2.75, 3.05) is 11.4 Å². The Morgan fingerprint density at radius 1 is 1.00 bits per heavy atom. The van der Waals surface area contributed by atoms with Gasteiger partial charge in [0, 0.05) is 12.6 Å². The minimum absolute atomic E-state index is 0.166. The molecule has 8 heteroatoms. The highest BCUT2D eigenvalue weighted by Gasteiger charge is 2.24. The van der Waals surface area contributed by atoms with Crippen molar-refractivity contribution in [3.63, 3.8) is 0 Å². The van der Waals surface area contributed by atoms with E-state index >= 15 is 0 Å². The van der Waals surface area contributed by atoms with Crippen LogP contribution in [0.4, 0.5) is 5.82 Å². The summed E-state index contributed by atoms with van der Waals surface area (Å²) in [5, 5.41) is 8.13. The molecule has 0 saturated carbocycles. The van der Waals surface area contributed by atoms with Crippen molar-refractivity contribution in [2.24, 2.45) is 0 Å². The van der Waals surface area contributed by atoms with Crippen molar-refractivity contribution in [1.29, 1.82) is 0 Å². The van der Waals surface area contributed by atoms with Crippen LogP contribution in [-0.2, 0) is 10.0 Å². The van der Waals surface area contributed by atoms with Gasteiger partial charge in [0.1, 0.15) is 4.21 Å². The fraction of sp³-hybridized carbons (Fsp3) is 0.0667. The van der Waals surface area contributed by atoms with Gasteiger partial charge in [-0.25, -0.2) is 8.42 Å². The molecular formula is C15H12ClN3O2S2. The van der Waals surface area contributed by atoms with Gasteiger partial charge in [0.15, 0.2) is 5.82 Å². The molecule has 2 aromatic heterocycles. The van der Waals surface area contributed by atoms with Crippen LogP contribution in [0.3, 0.4) is 0 Å². The van der Waals surface area contributed by atoms with E-state index in [0.717, 1.165) is 21.2 Å². The van der Waals surface area contributed by atoms with Gasteiger partial charge in [0.2, 0.25) is 0 Å². The van der Waals surface area contributed by atoms with Crippen molar-refractivity contribution in [1.82, 2.24) is 10.2 Å². The first-order chi connectivity index (χ1) is 11.0. The van der Waals surface area contributed by atoms with Gasteiger partial charge in [-0.3, -0.25) is 4.31 Å². The SMILES string of the molecule is CN(c1ccc(-c2ccccc2)nn1)S(=O)(=O)c1ccc(Cl)s1. The maximum Gasteiger partial charge on any atom is 0.274 e. The Morgan fingerprint density at radius 3 is 2.30 bits per heavy atom. The lowest BCUT2D eigenvalue weighted by molar-refractivity contribution is 0.595. The van der Waals surface area contributed by atoms with E-state index in [-0.39, 0.29) is 10.0 Å². The molecule has 0 aliphatic carbocycles. The van der Waals surface area contributed by atoms with E-state index in [2.05, 4.69) is 10.2 Å². The van der Waals surface area contributed by atoms with E-state index in [4.69, 9.17) is 11.6 Å². The molecule has 23 heavy (non-hydrogen) atoms. The third-order valence-electron chi connectivity index (χ3n) is 3.21. The Kier molecular flexibility index (Phi) is 4.34. The molecule has 0 fully saturated rings. The minimum atomic E-state index is -3.68. The van der Waals surface area contributed by atoms with Gasteiger partial charge in [-0.1, -0.05) is 41.9 Å². The lowest BCUT2D eigenvalue weighted by Gasteiger charge is -2.16. The number of sulfonamides is 1. The molecule has 0 aliphatic rings. The molecule has 0 N–H and O–H groups in total. The van der Waals surface area contributed by atoms with E-state index < -0.39 is 10.0 Å². The Bertz CT molecular complexity index is 909. The zero-order valence-electron chi connectivity index (χ0n) is 12.0. The van der Waals surface area contributed by atoms with E-state index in [0.29, 0.717) is 10.0 Å². The minimum Gasteiger partial charge on any atom is -0.251 e. The van der Waals surface area contributed by atoms with Crippen LogP contribution in [-0.4, -0.2) is 25.7 Å². The molecule has 0 radical (unpaired) electrons. The van der Waals surface area contributed by atoms with Crippen LogP contribution >= 0.6 is 22.9 Å². The smallest absolute Gasteiger partial charge is 0.251 e. The van der Waals surface area contributed by atoms with Gasteiger partial charge in [0.25, 0.3) is 10.0 Å². The molecule has 0 aliphatic heterocycles. The van der Waals surface area contributed by atoms with Crippen LogP contribution in [0.1, 0.15) is 0 Å². The fourth-order valence-electron chi connectivity index (χ4n) is 1.95. The van der Waals surface area contributed by atoms with Gasteiger partial charge in [-0.05, 0) is 24.3 Å². The summed E-state index contributed by atoms with van der Waals surface area (Å²) in [5.41, 5.74) is 1.60. The Balaban J connectivity index is 1.90. The van der Waals surface area contributed by atoms with E-state index in [1.165, 1.54) is 13.1 Å². The third-order valence-corrected chi connectivity index (χ3v) is 6.67. The van der Waals surface area contributed by atoms with Crippen molar-refractivity contribution >= 4 is 38.8 Å². The van der Waals surface area contributed by atoms with Crippen molar-refractivity contribution in [3.05, 3.63) is 58.9 Å². The molecule has 5 nitrogen and oxygen atoms in total. The second-order valence-corrected chi connectivity index (χ2v) is 8.59. The molecule has 1 aromatic carbocycles. The molecule has 0 amide bonds. The number of anilines is 1. The number of aromatic nitrogens is 2. The average molecular weight is 366 g/mol. The number of nitrogens with zero attached hydrogens (tertiary/aromatic N) is 3. The number of benzene rings is 1. The number of thiophene rings is 1. The van der Waals surface area contributed by atoms with Crippen LogP contribution in [0.5, 0.6) is 0 Å². The predicted molar refractivity (Wildman–Crippen MR) is 92.4 cm³/mol. The summed E-state index contributed by atoms with van der Waals surface area (Å²) in [6, 6.07) is 16.0. The highest BCUT2D eigenvalue weighted by molar-refractivity contribution is 7.94. The van der Waals surface area contributed by atoms with Crippen molar-refractivity contribution < 1.29 is 8.42 Å². The standard InChI is InChI=1S/C15H12ClN3O2S2/c1-19(23(20,21)15-10-8-13(16)22-15)14-9-7-12(17-18-14)11-5-3-2-4-6-11/h2-10H,1H3. The van der Waals surface area contributed by atoms with Gasteiger partial charge >= 0.3 is 0 Å². The molecule has 2 heterocycles. The molecule has 118 valence electrons. The Morgan fingerprint density at radius 2 is 1.74 bits per heavy atom. The van der Waals surface area contributed by atoms with E-state index in [1.54, 1.807) is 18.2 Å². The molecule has 0 spiro atoms. The molecular weight excluding hydrogens is 354 g/mol. The molecule has 3 rings (SSSR count). The molecule has 3 aromatic rings. The van der Waals surface area contributed by atoms with Crippen LogP contribution in [0.15, 0.2) is 58.8 Å². The summed E-state index contributed by atoms with van der Waals surface area (Å²) in [5.74, 6) is 0.245.